The maximum atomic E-state index is 6.13. The maximum absolute atomic E-state index is 6.13. The number of ether oxygens (including phenoxy) is 1. The Morgan fingerprint density at radius 3 is 2.11 bits per heavy atom. The van der Waals surface area contributed by atoms with Gasteiger partial charge >= 0.3 is 0 Å². The van der Waals surface area contributed by atoms with Crippen LogP contribution in [0.3, 0.4) is 0 Å². The van der Waals surface area contributed by atoms with Gasteiger partial charge in [0.25, 0.3) is 0 Å². The lowest BCUT2D eigenvalue weighted by molar-refractivity contribution is 0.405. The average molecular weight is 320 g/mol. The Hall–Kier alpha value is -0.540. The van der Waals surface area contributed by atoms with Gasteiger partial charge in [-0.25, -0.2) is 0 Å². The van der Waals surface area contributed by atoms with E-state index in [1.54, 1.807) is 25.3 Å². The van der Waals surface area contributed by atoms with E-state index in [1.165, 1.54) is 11.8 Å². The van der Waals surface area contributed by atoms with E-state index in [4.69, 9.17) is 39.5 Å². The van der Waals surface area contributed by atoms with Crippen molar-refractivity contribution in [3.05, 3.63) is 51.5 Å². The highest BCUT2D eigenvalue weighted by atomic mass is 35.5. The molecular weight excluding hydrogens is 311 g/mol. The molecule has 0 atom stereocenters. The monoisotopic (exact) mass is 318 g/mol. The summed E-state index contributed by atoms with van der Waals surface area (Å²) < 4.78 is 5.29. The van der Waals surface area contributed by atoms with E-state index in [9.17, 15) is 0 Å². The van der Waals surface area contributed by atoms with Gasteiger partial charge in [0.1, 0.15) is 5.75 Å². The summed E-state index contributed by atoms with van der Waals surface area (Å²) in [5.74, 6) is 0.721. The van der Waals surface area contributed by atoms with Gasteiger partial charge in [-0.2, -0.15) is 0 Å². The zero-order valence-corrected chi connectivity index (χ0v) is 12.5. The van der Waals surface area contributed by atoms with Gasteiger partial charge in [0.2, 0.25) is 0 Å². The van der Waals surface area contributed by atoms with E-state index in [2.05, 4.69) is 0 Å². The fourth-order valence-electron chi connectivity index (χ4n) is 1.40. The lowest BCUT2D eigenvalue weighted by atomic mass is 10.3. The minimum absolute atomic E-state index is 0.615. The van der Waals surface area contributed by atoms with Crippen molar-refractivity contribution in [2.24, 2.45) is 0 Å². The van der Waals surface area contributed by atoms with Gasteiger partial charge in [-0.05, 0) is 36.4 Å². The highest BCUT2D eigenvalue weighted by Crippen LogP contribution is 2.40. The Morgan fingerprint density at radius 2 is 1.50 bits per heavy atom. The molecule has 0 aliphatic carbocycles. The number of hydrogen-bond donors (Lipinski definition) is 0. The molecule has 0 aliphatic heterocycles. The van der Waals surface area contributed by atoms with Gasteiger partial charge in [0, 0.05) is 14.9 Å². The highest BCUT2D eigenvalue weighted by molar-refractivity contribution is 7.99. The Bertz CT molecular complexity index is 572. The molecule has 0 saturated heterocycles. The normalized spacial score (nSPS) is 10.4. The Balaban J connectivity index is 2.33. The summed E-state index contributed by atoms with van der Waals surface area (Å²) in [6, 6.07) is 10.9. The van der Waals surface area contributed by atoms with Gasteiger partial charge in [0.15, 0.2) is 0 Å². The van der Waals surface area contributed by atoms with Crippen molar-refractivity contribution < 1.29 is 4.74 Å². The van der Waals surface area contributed by atoms with E-state index >= 15 is 0 Å². The van der Waals surface area contributed by atoms with Crippen LogP contribution in [-0.4, -0.2) is 7.11 Å². The molecule has 0 unspecified atom stereocenters. The lowest BCUT2D eigenvalue weighted by Crippen LogP contribution is -1.86. The molecule has 2 rings (SSSR count). The van der Waals surface area contributed by atoms with E-state index < -0.39 is 0 Å². The molecule has 0 heterocycles. The summed E-state index contributed by atoms with van der Waals surface area (Å²) in [6.07, 6.45) is 0. The van der Waals surface area contributed by atoms with Crippen molar-refractivity contribution in [1.82, 2.24) is 0 Å². The third kappa shape index (κ3) is 3.27. The molecule has 5 heteroatoms. The maximum Gasteiger partial charge on any atom is 0.134 e. The molecule has 0 radical (unpaired) electrons. The van der Waals surface area contributed by atoms with Crippen molar-refractivity contribution in [2.45, 2.75) is 9.79 Å². The van der Waals surface area contributed by atoms with E-state index in [0.29, 0.717) is 15.1 Å². The van der Waals surface area contributed by atoms with Crippen LogP contribution in [0, 0.1) is 0 Å². The van der Waals surface area contributed by atoms with Crippen molar-refractivity contribution in [3.63, 3.8) is 0 Å². The molecule has 0 aromatic heterocycles. The van der Waals surface area contributed by atoms with Gasteiger partial charge in [-0.3, -0.25) is 0 Å². The van der Waals surface area contributed by atoms with Gasteiger partial charge in [-0.1, -0.05) is 46.6 Å². The van der Waals surface area contributed by atoms with Crippen LogP contribution in [0.25, 0.3) is 0 Å². The zero-order chi connectivity index (χ0) is 13.1. The number of rotatable bonds is 3. The number of benzene rings is 2. The third-order valence-electron chi connectivity index (χ3n) is 2.24. The van der Waals surface area contributed by atoms with Crippen LogP contribution < -0.4 is 4.74 Å². The number of hydrogen-bond acceptors (Lipinski definition) is 2. The summed E-state index contributed by atoms with van der Waals surface area (Å²) in [4.78, 5) is 1.87. The molecule has 2 aromatic rings. The second-order valence-corrected chi connectivity index (χ2v) is 5.84. The molecular formula is C13H9Cl3OS. The molecule has 94 valence electrons. The first-order valence-corrected chi connectivity index (χ1v) is 7.01. The van der Waals surface area contributed by atoms with Crippen molar-refractivity contribution in [2.75, 3.05) is 7.11 Å². The standard InChI is InChI=1S/C13H9Cl3OS/c1-17-11-7-9(15)3-5-13(11)18-12-4-2-8(14)6-10(12)16/h2-7H,1H3. The molecule has 1 nitrogen and oxygen atoms in total. The van der Waals surface area contributed by atoms with Crippen LogP contribution >= 0.6 is 46.6 Å². The number of methoxy groups -OCH3 is 1. The Kier molecular flexibility index (Phi) is 4.68. The summed E-state index contributed by atoms with van der Waals surface area (Å²) in [6.45, 7) is 0. The SMILES string of the molecule is COc1cc(Cl)ccc1Sc1ccc(Cl)cc1Cl. The molecule has 0 N–H and O–H groups in total. The first-order valence-electron chi connectivity index (χ1n) is 5.06. The first kappa shape index (κ1) is 13.9. The molecule has 18 heavy (non-hydrogen) atoms. The van der Waals surface area contributed by atoms with Gasteiger partial charge in [0.05, 0.1) is 17.0 Å². The lowest BCUT2D eigenvalue weighted by Gasteiger charge is -2.09. The molecule has 2 aromatic carbocycles. The van der Waals surface area contributed by atoms with Crippen LogP contribution in [-0.2, 0) is 0 Å². The molecule has 0 fully saturated rings. The predicted octanol–water partition coefficient (Wildman–Crippen LogP) is 5.81. The third-order valence-corrected chi connectivity index (χ3v) is 4.27. The number of halogens is 3. The molecule has 0 aliphatic rings. The van der Waals surface area contributed by atoms with Gasteiger partial charge < -0.3 is 4.74 Å². The highest BCUT2D eigenvalue weighted by Gasteiger charge is 2.08. The second-order valence-electron chi connectivity index (χ2n) is 3.47. The van der Waals surface area contributed by atoms with Crippen LogP contribution in [0.5, 0.6) is 5.75 Å². The Labute approximate surface area is 125 Å². The fraction of sp³-hybridized carbons (Fsp3) is 0.0769. The van der Waals surface area contributed by atoms with Crippen LogP contribution in [0.2, 0.25) is 15.1 Å². The minimum atomic E-state index is 0.615. The minimum Gasteiger partial charge on any atom is -0.496 e. The molecule has 0 amide bonds. The smallest absolute Gasteiger partial charge is 0.134 e. The van der Waals surface area contributed by atoms with E-state index in [-0.39, 0.29) is 0 Å². The second kappa shape index (κ2) is 6.07. The van der Waals surface area contributed by atoms with E-state index in [1.807, 2.05) is 18.2 Å². The Morgan fingerprint density at radius 1 is 0.889 bits per heavy atom. The molecule has 0 saturated carbocycles. The summed E-state index contributed by atoms with van der Waals surface area (Å²) >= 11 is 19.4. The van der Waals surface area contributed by atoms with Crippen molar-refractivity contribution in [3.8, 4) is 5.75 Å². The molecule has 0 spiro atoms. The largest absolute Gasteiger partial charge is 0.496 e. The fourth-order valence-corrected chi connectivity index (χ4v) is 3.00. The topological polar surface area (TPSA) is 9.23 Å². The van der Waals surface area contributed by atoms with Crippen LogP contribution in [0.4, 0.5) is 0 Å². The summed E-state index contributed by atoms with van der Waals surface area (Å²) in [5, 5.41) is 1.87. The van der Waals surface area contributed by atoms with Crippen LogP contribution in [0.15, 0.2) is 46.2 Å². The van der Waals surface area contributed by atoms with Gasteiger partial charge in [-0.15, -0.1) is 0 Å². The van der Waals surface area contributed by atoms with Crippen molar-refractivity contribution in [1.29, 1.82) is 0 Å². The predicted molar refractivity (Wildman–Crippen MR) is 78.6 cm³/mol. The summed E-state index contributed by atoms with van der Waals surface area (Å²) in [5.41, 5.74) is 0. The zero-order valence-electron chi connectivity index (χ0n) is 9.41. The quantitative estimate of drug-likeness (QED) is 0.706. The first-order chi connectivity index (χ1) is 8.60. The average Bonchev–Trinajstić information content (AvgIpc) is 2.34. The van der Waals surface area contributed by atoms with E-state index in [0.717, 1.165) is 15.5 Å². The molecule has 0 bridgehead atoms. The summed E-state index contributed by atoms with van der Waals surface area (Å²) in [7, 11) is 1.61. The van der Waals surface area contributed by atoms with Crippen molar-refractivity contribution >= 4 is 46.6 Å². The van der Waals surface area contributed by atoms with Crippen LogP contribution in [0.1, 0.15) is 0 Å².